The second-order valence-corrected chi connectivity index (χ2v) is 11.9. The highest BCUT2D eigenvalue weighted by Crippen LogP contribution is 2.36. The van der Waals surface area contributed by atoms with E-state index >= 15 is 0 Å². The second-order valence-electron chi connectivity index (χ2n) is 11.9. The van der Waals surface area contributed by atoms with Gasteiger partial charge >= 0.3 is 6.09 Å². The van der Waals surface area contributed by atoms with Crippen molar-refractivity contribution in [1.29, 1.82) is 5.41 Å². The number of hydrogen-bond acceptors (Lipinski definition) is 7. The van der Waals surface area contributed by atoms with E-state index in [2.05, 4.69) is 44.0 Å². The van der Waals surface area contributed by atoms with Gasteiger partial charge in [-0.05, 0) is 74.0 Å². The summed E-state index contributed by atoms with van der Waals surface area (Å²) in [4.78, 5) is 29.5. The quantitative estimate of drug-likeness (QED) is 0.149. The van der Waals surface area contributed by atoms with Crippen LogP contribution >= 0.6 is 0 Å². The summed E-state index contributed by atoms with van der Waals surface area (Å²) in [6.45, 7) is 9.08. The minimum absolute atomic E-state index is 0.0732. The van der Waals surface area contributed by atoms with Gasteiger partial charge in [0.2, 0.25) is 5.95 Å². The maximum atomic E-state index is 14.8. The van der Waals surface area contributed by atoms with Gasteiger partial charge in [0.1, 0.15) is 11.2 Å². The normalized spacial score (nSPS) is 20.4. The first kappa shape index (κ1) is 27.9. The summed E-state index contributed by atoms with van der Waals surface area (Å²) in [5, 5.41) is 23.0. The van der Waals surface area contributed by atoms with Crippen LogP contribution in [0.2, 0.25) is 0 Å². The van der Waals surface area contributed by atoms with E-state index in [1.165, 1.54) is 12.5 Å². The number of hydrogen-bond donors (Lipinski definition) is 4. The Labute approximate surface area is 233 Å². The maximum Gasteiger partial charge on any atom is 0.410 e. The van der Waals surface area contributed by atoms with Gasteiger partial charge in [0.25, 0.3) is 0 Å². The van der Waals surface area contributed by atoms with Gasteiger partial charge < -0.3 is 15.0 Å². The lowest BCUT2D eigenvalue weighted by Crippen LogP contribution is -2.33. The van der Waals surface area contributed by atoms with Gasteiger partial charge in [0.05, 0.1) is 0 Å². The lowest BCUT2D eigenvalue weighted by atomic mass is 9.80. The molecule has 3 aromatic heterocycles. The number of halogens is 1. The van der Waals surface area contributed by atoms with Crippen molar-refractivity contribution in [1.82, 2.24) is 29.8 Å². The van der Waals surface area contributed by atoms with Crippen molar-refractivity contribution in [2.75, 3.05) is 5.32 Å². The van der Waals surface area contributed by atoms with Crippen molar-refractivity contribution in [3.63, 3.8) is 0 Å². The lowest BCUT2D eigenvalue weighted by Gasteiger charge is -2.32. The van der Waals surface area contributed by atoms with E-state index in [4.69, 9.17) is 10.4 Å². The number of amides is 1. The van der Waals surface area contributed by atoms with Crippen LogP contribution in [-0.4, -0.2) is 47.6 Å². The fraction of sp³-hybridized carbons (Fsp3) is 0.586. The fourth-order valence-electron chi connectivity index (χ4n) is 5.79. The third-order valence-corrected chi connectivity index (χ3v) is 8.57. The van der Waals surface area contributed by atoms with Gasteiger partial charge in [-0.25, -0.2) is 24.7 Å². The van der Waals surface area contributed by atoms with Crippen molar-refractivity contribution < 1.29 is 14.3 Å². The molecule has 2 saturated carbocycles. The fourth-order valence-corrected chi connectivity index (χ4v) is 5.79. The Morgan fingerprint density at radius 2 is 1.82 bits per heavy atom. The van der Waals surface area contributed by atoms with Gasteiger partial charge in [0, 0.05) is 12.6 Å². The molecule has 0 spiro atoms. The predicted octanol–water partition coefficient (Wildman–Crippen LogP) is 6.17. The molecule has 3 aromatic rings. The molecule has 1 atom stereocenters. The number of pyridine rings is 1. The molecule has 10 nitrogen and oxygen atoms in total. The molecule has 2 aliphatic rings. The predicted molar refractivity (Wildman–Crippen MR) is 152 cm³/mol. The summed E-state index contributed by atoms with van der Waals surface area (Å²) in [7, 11) is 0. The Morgan fingerprint density at radius 3 is 2.45 bits per heavy atom. The largest absolute Gasteiger partial charge is 0.465 e. The second kappa shape index (κ2) is 11.5. The van der Waals surface area contributed by atoms with E-state index in [0.29, 0.717) is 52.8 Å². The van der Waals surface area contributed by atoms with Crippen LogP contribution in [0.25, 0.3) is 22.7 Å². The summed E-state index contributed by atoms with van der Waals surface area (Å²) in [5.74, 6) is 1.64. The number of fused-ring (bicyclic) bond motifs is 1. The van der Waals surface area contributed by atoms with Crippen molar-refractivity contribution in [2.24, 2.45) is 17.8 Å². The first-order chi connectivity index (χ1) is 19.1. The molecule has 214 valence electrons. The van der Waals surface area contributed by atoms with Crippen LogP contribution in [0, 0.1) is 29.1 Å². The number of rotatable bonds is 8. The lowest BCUT2D eigenvalue weighted by molar-refractivity contribution is 0.200. The minimum Gasteiger partial charge on any atom is -0.465 e. The molecule has 5 rings (SSSR count). The van der Waals surface area contributed by atoms with Gasteiger partial charge in [0.15, 0.2) is 28.9 Å². The summed E-state index contributed by atoms with van der Waals surface area (Å²) < 4.78 is 16.8. The summed E-state index contributed by atoms with van der Waals surface area (Å²) in [6, 6.07) is 3.44. The summed E-state index contributed by atoms with van der Waals surface area (Å²) in [5.41, 5.74) is 2.23. The van der Waals surface area contributed by atoms with E-state index in [-0.39, 0.29) is 17.8 Å². The molecule has 0 saturated heterocycles. The van der Waals surface area contributed by atoms with Crippen LogP contribution in [0.1, 0.15) is 89.9 Å². The minimum atomic E-state index is -1.37. The van der Waals surface area contributed by atoms with Crippen LogP contribution in [-0.2, 0) is 6.54 Å². The Morgan fingerprint density at radius 1 is 1.10 bits per heavy atom. The first-order valence-corrected chi connectivity index (χ1v) is 14.4. The first-order valence-electron chi connectivity index (χ1n) is 14.4. The van der Waals surface area contributed by atoms with Crippen molar-refractivity contribution in [3.8, 4) is 11.5 Å². The Hall–Kier alpha value is -3.63. The Kier molecular flexibility index (Phi) is 8.00. The van der Waals surface area contributed by atoms with Gasteiger partial charge in [-0.3, -0.25) is 10.7 Å². The molecule has 40 heavy (non-hydrogen) atoms. The molecule has 2 aliphatic carbocycles. The molecule has 1 amide bonds. The summed E-state index contributed by atoms with van der Waals surface area (Å²) >= 11 is 0. The highest BCUT2D eigenvalue weighted by Gasteiger charge is 2.29. The standard InChI is InChI=1S/C29H39FN8O2/c1-15(2)20-12-21(33-22(30)13-20)28-37-26-23(38(28)14-18-10-8-16(3)9-11-18)25(32-17(4)19-6-5-7-19)35-27(36-26)24(31)34-29(39)40/h12-13,15-19H,5-11,14H2,1-4H3,(H2,31,34)(H,39,40)(H,32,35,36)/t16-,17-,18-/m1/s1. The highest BCUT2D eigenvalue weighted by molar-refractivity contribution is 6.03. The summed E-state index contributed by atoms with van der Waals surface area (Å²) in [6.07, 6.45) is 6.57. The zero-order chi connectivity index (χ0) is 28.6. The van der Waals surface area contributed by atoms with Crippen LogP contribution in [0.4, 0.5) is 15.0 Å². The van der Waals surface area contributed by atoms with Crippen LogP contribution in [0.5, 0.6) is 0 Å². The number of carboxylic acid groups (broad SMARTS) is 1. The van der Waals surface area contributed by atoms with Crippen LogP contribution in [0.15, 0.2) is 12.1 Å². The van der Waals surface area contributed by atoms with Crippen LogP contribution < -0.4 is 10.6 Å². The van der Waals surface area contributed by atoms with Gasteiger partial charge in [-0.2, -0.15) is 4.39 Å². The van der Waals surface area contributed by atoms with E-state index in [1.54, 1.807) is 0 Å². The van der Waals surface area contributed by atoms with Gasteiger partial charge in [-0.15, -0.1) is 0 Å². The molecule has 3 heterocycles. The molecular formula is C29H39FN8O2. The topological polar surface area (TPSA) is 142 Å². The van der Waals surface area contributed by atoms with Gasteiger partial charge in [-0.1, -0.05) is 40.0 Å². The number of imidazole rings is 1. The van der Waals surface area contributed by atoms with E-state index in [1.807, 2.05) is 19.9 Å². The van der Waals surface area contributed by atoms with Crippen LogP contribution in [0.3, 0.4) is 0 Å². The maximum absolute atomic E-state index is 14.8. The third kappa shape index (κ3) is 5.93. The number of anilines is 1. The zero-order valence-corrected chi connectivity index (χ0v) is 23.7. The monoisotopic (exact) mass is 550 g/mol. The van der Waals surface area contributed by atoms with E-state index < -0.39 is 17.9 Å². The van der Waals surface area contributed by atoms with Crippen molar-refractivity contribution in [3.05, 3.63) is 29.5 Å². The number of nitrogens with one attached hydrogen (secondary N) is 3. The molecule has 0 bridgehead atoms. The molecule has 0 radical (unpaired) electrons. The van der Waals surface area contributed by atoms with E-state index in [9.17, 15) is 14.3 Å². The number of carbonyl (C=O) groups is 1. The molecule has 0 aromatic carbocycles. The molecule has 0 unspecified atom stereocenters. The molecule has 4 N–H and O–H groups in total. The molecule has 0 aliphatic heterocycles. The smallest absolute Gasteiger partial charge is 0.410 e. The zero-order valence-electron chi connectivity index (χ0n) is 23.7. The number of nitrogens with zero attached hydrogens (tertiary/aromatic N) is 5. The number of aromatic nitrogens is 5. The number of amidine groups is 1. The van der Waals surface area contributed by atoms with Crippen molar-refractivity contribution in [2.45, 2.75) is 91.1 Å². The van der Waals surface area contributed by atoms with Crippen molar-refractivity contribution >= 4 is 28.9 Å². The third-order valence-electron chi connectivity index (χ3n) is 8.57. The average Bonchev–Trinajstić information content (AvgIpc) is 3.22. The Balaban J connectivity index is 1.69. The Bertz CT molecular complexity index is 1410. The molecular weight excluding hydrogens is 511 g/mol. The SMILES string of the molecule is CC(C)c1cc(F)nc(-c2nc3nc(C(=N)NC(=O)O)nc(N[C@H](C)C4CCC4)c3n2C[C@H]2CC[C@H](C)CC2)c1. The average molecular weight is 551 g/mol. The molecule has 11 heteroatoms. The van der Waals surface area contributed by atoms with E-state index in [0.717, 1.165) is 44.1 Å². The molecule has 2 fully saturated rings. The highest BCUT2D eigenvalue weighted by atomic mass is 19.1.